The van der Waals surface area contributed by atoms with Crippen LogP contribution in [0.3, 0.4) is 0 Å². The fraction of sp³-hybridized carbons (Fsp3) is 0.312. The zero-order valence-corrected chi connectivity index (χ0v) is 14.4. The average molecular weight is 352 g/mol. The summed E-state index contributed by atoms with van der Waals surface area (Å²) in [5.41, 5.74) is 4.51. The van der Waals surface area contributed by atoms with Crippen LogP contribution in [0.15, 0.2) is 24.3 Å². The normalized spacial score (nSPS) is 10.1. The SMILES string of the molecule is CCOC(=O)/C=C/C(=O)NNC(=O)c1cc(OC)c(OC)c(OC)c1. The van der Waals surface area contributed by atoms with Gasteiger partial charge in [0.1, 0.15) is 0 Å². The van der Waals surface area contributed by atoms with Gasteiger partial charge in [0.05, 0.1) is 27.9 Å². The van der Waals surface area contributed by atoms with Gasteiger partial charge in [0.15, 0.2) is 11.5 Å². The summed E-state index contributed by atoms with van der Waals surface area (Å²) < 4.78 is 20.1. The van der Waals surface area contributed by atoms with Crippen LogP contribution < -0.4 is 25.1 Å². The summed E-state index contributed by atoms with van der Waals surface area (Å²) in [7, 11) is 4.28. The Kier molecular flexibility index (Phi) is 7.77. The molecular formula is C16H20N2O7. The van der Waals surface area contributed by atoms with E-state index >= 15 is 0 Å². The summed E-state index contributed by atoms with van der Waals surface area (Å²) in [4.78, 5) is 34.8. The van der Waals surface area contributed by atoms with E-state index in [1.54, 1.807) is 6.92 Å². The molecule has 136 valence electrons. The van der Waals surface area contributed by atoms with Crippen molar-refractivity contribution in [2.24, 2.45) is 0 Å². The minimum absolute atomic E-state index is 0.171. The summed E-state index contributed by atoms with van der Waals surface area (Å²) in [5.74, 6) is -1.05. The van der Waals surface area contributed by atoms with Crippen molar-refractivity contribution in [3.05, 3.63) is 29.8 Å². The van der Waals surface area contributed by atoms with Crippen LogP contribution in [0.25, 0.3) is 0 Å². The standard InChI is InChI=1S/C16H20N2O7/c1-5-25-14(20)7-6-13(19)17-18-16(21)10-8-11(22-2)15(24-4)12(9-10)23-3/h6-9H,5H2,1-4H3,(H,17,19)(H,18,21)/b7-6+. The van der Waals surface area contributed by atoms with Crippen LogP contribution in [0.5, 0.6) is 17.2 Å². The van der Waals surface area contributed by atoms with Gasteiger partial charge in [0.2, 0.25) is 5.75 Å². The van der Waals surface area contributed by atoms with Crippen molar-refractivity contribution in [3.8, 4) is 17.2 Å². The van der Waals surface area contributed by atoms with Crippen molar-refractivity contribution in [2.45, 2.75) is 6.92 Å². The molecule has 9 heteroatoms. The highest BCUT2D eigenvalue weighted by molar-refractivity contribution is 5.99. The van der Waals surface area contributed by atoms with Gasteiger partial charge < -0.3 is 18.9 Å². The number of hydrazine groups is 1. The van der Waals surface area contributed by atoms with Gasteiger partial charge in [0, 0.05) is 17.7 Å². The van der Waals surface area contributed by atoms with Crippen LogP contribution in [-0.4, -0.2) is 45.7 Å². The van der Waals surface area contributed by atoms with E-state index in [-0.39, 0.29) is 12.2 Å². The number of hydrogen-bond acceptors (Lipinski definition) is 7. The molecule has 1 aromatic carbocycles. The van der Waals surface area contributed by atoms with Gasteiger partial charge in [0.25, 0.3) is 11.8 Å². The number of nitrogens with one attached hydrogen (secondary N) is 2. The predicted octanol–water partition coefficient (Wildman–Crippen LogP) is 0.593. The average Bonchev–Trinajstić information content (AvgIpc) is 2.63. The Bertz CT molecular complexity index is 645. The predicted molar refractivity (Wildman–Crippen MR) is 87.5 cm³/mol. The minimum Gasteiger partial charge on any atom is -0.493 e. The molecule has 2 amide bonds. The molecule has 0 atom stereocenters. The van der Waals surface area contributed by atoms with E-state index in [9.17, 15) is 14.4 Å². The zero-order valence-electron chi connectivity index (χ0n) is 14.4. The fourth-order valence-corrected chi connectivity index (χ4v) is 1.78. The maximum atomic E-state index is 12.1. The molecule has 0 fully saturated rings. The summed E-state index contributed by atoms with van der Waals surface area (Å²) in [5, 5.41) is 0. The van der Waals surface area contributed by atoms with Gasteiger partial charge in [-0.2, -0.15) is 0 Å². The molecule has 0 aliphatic carbocycles. The molecule has 25 heavy (non-hydrogen) atoms. The molecule has 2 N–H and O–H groups in total. The maximum absolute atomic E-state index is 12.1. The lowest BCUT2D eigenvalue weighted by Crippen LogP contribution is -2.40. The van der Waals surface area contributed by atoms with Gasteiger partial charge in [-0.1, -0.05) is 0 Å². The number of rotatable bonds is 7. The maximum Gasteiger partial charge on any atom is 0.330 e. The number of hydrogen-bond donors (Lipinski definition) is 2. The van der Waals surface area contributed by atoms with Crippen LogP contribution in [0, 0.1) is 0 Å². The summed E-state index contributed by atoms with van der Waals surface area (Å²) in [6, 6.07) is 2.86. The van der Waals surface area contributed by atoms with Crippen LogP contribution in [-0.2, 0) is 14.3 Å². The van der Waals surface area contributed by atoms with Crippen LogP contribution >= 0.6 is 0 Å². The lowest BCUT2D eigenvalue weighted by atomic mass is 10.1. The van der Waals surface area contributed by atoms with Crippen molar-refractivity contribution in [2.75, 3.05) is 27.9 Å². The Labute approximate surface area is 144 Å². The van der Waals surface area contributed by atoms with Crippen molar-refractivity contribution in [1.29, 1.82) is 0 Å². The number of amides is 2. The first kappa shape index (κ1) is 19.8. The molecule has 0 aliphatic heterocycles. The third-order valence-corrected chi connectivity index (χ3v) is 2.88. The van der Waals surface area contributed by atoms with Gasteiger partial charge in [-0.15, -0.1) is 0 Å². The van der Waals surface area contributed by atoms with Gasteiger partial charge in [-0.05, 0) is 19.1 Å². The molecule has 0 aromatic heterocycles. The molecule has 0 bridgehead atoms. The quantitative estimate of drug-likeness (QED) is 0.420. The van der Waals surface area contributed by atoms with E-state index in [0.29, 0.717) is 17.2 Å². The van der Waals surface area contributed by atoms with E-state index in [4.69, 9.17) is 14.2 Å². The van der Waals surface area contributed by atoms with Gasteiger partial charge in [-0.3, -0.25) is 20.4 Å². The fourth-order valence-electron chi connectivity index (χ4n) is 1.78. The first-order valence-electron chi connectivity index (χ1n) is 7.21. The molecular weight excluding hydrogens is 332 g/mol. The minimum atomic E-state index is -0.700. The Morgan fingerprint density at radius 2 is 1.56 bits per heavy atom. The second-order valence-corrected chi connectivity index (χ2v) is 4.44. The van der Waals surface area contributed by atoms with E-state index in [0.717, 1.165) is 12.2 Å². The van der Waals surface area contributed by atoms with Crippen molar-refractivity contribution in [1.82, 2.24) is 10.9 Å². The van der Waals surface area contributed by atoms with Crippen LogP contribution in [0.2, 0.25) is 0 Å². The lowest BCUT2D eigenvalue weighted by molar-refractivity contribution is -0.137. The highest BCUT2D eigenvalue weighted by Gasteiger charge is 2.17. The molecule has 1 aromatic rings. The first-order chi connectivity index (χ1) is 12.0. The number of methoxy groups -OCH3 is 3. The van der Waals surface area contributed by atoms with E-state index < -0.39 is 17.8 Å². The van der Waals surface area contributed by atoms with Crippen molar-refractivity contribution < 1.29 is 33.3 Å². The van der Waals surface area contributed by atoms with E-state index in [2.05, 4.69) is 15.6 Å². The highest BCUT2D eigenvalue weighted by Crippen LogP contribution is 2.38. The molecule has 0 radical (unpaired) electrons. The smallest absolute Gasteiger partial charge is 0.330 e. The molecule has 9 nitrogen and oxygen atoms in total. The lowest BCUT2D eigenvalue weighted by Gasteiger charge is -2.14. The van der Waals surface area contributed by atoms with Crippen LogP contribution in [0.1, 0.15) is 17.3 Å². The molecule has 1 rings (SSSR count). The van der Waals surface area contributed by atoms with E-state index in [1.807, 2.05) is 0 Å². The first-order valence-corrected chi connectivity index (χ1v) is 7.21. The molecule has 0 unspecified atom stereocenters. The number of ether oxygens (including phenoxy) is 4. The number of esters is 1. The summed E-state index contributed by atoms with van der Waals surface area (Å²) in [6.45, 7) is 1.84. The molecule has 0 spiro atoms. The van der Waals surface area contributed by atoms with Crippen molar-refractivity contribution in [3.63, 3.8) is 0 Å². The third kappa shape index (κ3) is 5.72. The molecule has 0 saturated heterocycles. The number of carbonyl (C=O) groups is 3. The topological polar surface area (TPSA) is 112 Å². The Morgan fingerprint density at radius 1 is 0.960 bits per heavy atom. The monoisotopic (exact) mass is 352 g/mol. The Balaban J connectivity index is 2.78. The third-order valence-electron chi connectivity index (χ3n) is 2.88. The zero-order chi connectivity index (χ0) is 18.8. The Hall–Kier alpha value is -3.23. The van der Waals surface area contributed by atoms with Crippen LogP contribution in [0.4, 0.5) is 0 Å². The van der Waals surface area contributed by atoms with E-state index in [1.165, 1.54) is 33.5 Å². The summed E-state index contributed by atoms with van der Waals surface area (Å²) >= 11 is 0. The highest BCUT2D eigenvalue weighted by atomic mass is 16.5. The Morgan fingerprint density at radius 3 is 2.04 bits per heavy atom. The number of benzene rings is 1. The largest absolute Gasteiger partial charge is 0.493 e. The molecule has 0 saturated carbocycles. The molecule has 0 aliphatic rings. The van der Waals surface area contributed by atoms with Gasteiger partial charge in [-0.25, -0.2) is 4.79 Å². The second-order valence-electron chi connectivity index (χ2n) is 4.44. The second kappa shape index (κ2) is 9.81. The summed E-state index contributed by atoms with van der Waals surface area (Å²) in [6.07, 6.45) is 1.89. The van der Waals surface area contributed by atoms with Gasteiger partial charge >= 0.3 is 5.97 Å². The van der Waals surface area contributed by atoms with Crippen molar-refractivity contribution >= 4 is 17.8 Å². The number of carbonyl (C=O) groups excluding carboxylic acids is 3. The molecule has 0 heterocycles.